The molecule has 2 N–H and O–H groups in total. The maximum atomic E-state index is 11.9. The molecule has 0 unspecified atom stereocenters. The van der Waals surface area contributed by atoms with Gasteiger partial charge in [0, 0.05) is 49.3 Å². The maximum Gasteiger partial charge on any atom is 0.233 e. The third kappa shape index (κ3) is 4.87. The fourth-order valence-electron chi connectivity index (χ4n) is 4.82. The highest BCUT2D eigenvalue weighted by Gasteiger charge is 2.23. The van der Waals surface area contributed by atoms with Crippen molar-refractivity contribution >= 4 is 41.0 Å². The van der Waals surface area contributed by atoms with E-state index in [0.29, 0.717) is 47.7 Å². The van der Waals surface area contributed by atoms with Crippen LogP contribution in [0, 0.1) is 11.3 Å². The lowest BCUT2D eigenvalue weighted by atomic mass is 10.1. The molecule has 0 saturated carbocycles. The summed E-state index contributed by atoms with van der Waals surface area (Å²) in [6, 6.07) is 15.6. The van der Waals surface area contributed by atoms with Crippen LogP contribution >= 0.6 is 0 Å². The van der Waals surface area contributed by atoms with Crippen LogP contribution in [-0.4, -0.2) is 56.7 Å². The summed E-state index contributed by atoms with van der Waals surface area (Å²) in [5.41, 5.74) is 4.23. The van der Waals surface area contributed by atoms with Crippen molar-refractivity contribution in [2.24, 2.45) is 0 Å². The largest absolute Gasteiger partial charge is 0.354 e. The van der Waals surface area contributed by atoms with Gasteiger partial charge >= 0.3 is 0 Å². The van der Waals surface area contributed by atoms with E-state index in [2.05, 4.69) is 43.2 Å². The summed E-state index contributed by atoms with van der Waals surface area (Å²) in [5, 5.41) is 20.2. The zero-order valence-electron chi connectivity index (χ0n) is 21.2. The number of hydrogen-bond donors (Lipinski definition) is 2. The van der Waals surface area contributed by atoms with Crippen molar-refractivity contribution in [1.82, 2.24) is 29.9 Å². The van der Waals surface area contributed by atoms with Gasteiger partial charge in [-0.25, -0.2) is 4.98 Å². The number of pyridine rings is 1. The Bertz CT molecular complexity index is 1640. The van der Waals surface area contributed by atoms with Crippen LogP contribution in [-0.2, 0) is 4.79 Å². The van der Waals surface area contributed by atoms with Crippen LogP contribution in [0.15, 0.2) is 72.7 Å². The Morgan fingerprint density at radius 1 is 1.05 bits per heavy atom. The maximum absolute atomic E-state index is 11.9. The molecular weight excluding hydrogens is 492 g/mol. The molecule has 39 heavy (non-hydrogen) atoms. The molecule has 0 bridgehead atoms. The van der Waals surface area contributed by atoms with Crippen molar-refractivity contribution in [1.29, 1.82) is 5.26 Å². The summed E-state index contributed by atoms with van der Waals surface area (Å²) < 4.78 is 1.67. The first-order valence-corrected chi connectivity index (χ1v) is 12.7. The van der Waals surface area contributed by atoms with Gasteiger partial charge in [0.05, 0.1) is 18.2 Å². The number of amides is 1. The van der Waals surface area contributed by atoms with Crippen molar-refractivity contribution in [2.45, 2.75) is 12.8 Å². The first-order chi connectivity index (χ1) is 19.1. The predicted octanol–water partition coefficient (Wildman–Crippen LogP) is 3.27. The summed E-state index contributed by atoms with van der Waals surface area (Å²) in [5.74, 6) is 1.73. The van der Waals surface area contributed by atoms with Crippen molar-refractivity contribution in [3.8, 4) is 6.07 Å². The lowest BCUT2D eigenvalue weighted by molar-refractivity contribution is -0.118. The van der Waals surface area contributed by atoms with Gasteiger partial charge in [0.1, 0.15) is 11.9 Å². The second-order valence-corrected chi connectivity index (χ2v) is 9.36. The quantitative estimate of drug-likeness (QED) is 0.409. The molecule has 2 fully saturated rings. The number of carbonyl (C=O) groups is 1. The molecule has 2 saturated heterocycles. The van der Waals surface area contributed by atoms with Gasteiger partial charge in [0.25, 0.3) is 0 Å². The summed E-state index contributed by atoms with van der Waals surface area (Å²) in [6.45, 7) is 6.79. The molecule has 2 aliphatic heterocycles. The van der Waals surface area contributed by atoms with E-state index >= 15 is 0 Å². The van der Waals surface area contributed by atoms with Crippen molar-refractivity contribution in [3.63, 3.8) is 0 Å². The number of allylic oxidation sites excluding steroid dienone is 1. The first-order valence-electron chi connectivity index (χ1n) is 12.7. The van der Waals surface area contributed by atoms with E-state index in [9.17, 15) is 10.1 Å². The minimum atomic E-state index is -0.0777. The zero-order chi connectivity index (χ0) is 26.8. The van der Waals surface area contributed by atoms with E-state index in [1.54, 1.807) is 29.0 Å². The molecule has 0 spiro atoms. The summed E-state index contributed by atoms with van der Waals surface area (Å²) in [6.07, 6.45) is 6.46. The Morgan fingerprint density at radius 2 is 1.87 bits per heavy atom. The number of nitrogens with zero attached hydrogens (tertiary/aromatic N) is 8. The SMILES string of the molecule is C=C1NC(=O)C/C1=C\c1cnn2c(Nc3ccccc3)nc(N3CCCN(c4ncccc4C#N)CC3)nc12. The highest BCUT2D eigenvalue weighted by Crippen LogP contribution is 2.27. The van der Waals surface area contributed by atoms with E-state index in [1.807, 2.05) is 36.4 Å². The molecule has 0 atom stereocenters. The topological polar surface area (TPSA) is 127 Å². The number of nitriles is 1. The average Bonchev–Trinajstić information content (AvgIpc) is 3.40. The molecular formula is C28H26N10O. The van der Waals surface area contributed by atoms with Gasteiger partial charge in [-0.1, -0.05) is 24.8 Å². The molecule has 5 heterocycles. The smallest absolute Gasteiger partial charge is 0.233 e. The normalized spacial score (nSPS) is 16.8. The number of benzene rings is 1. The third-order valence-electron chi connectivity index (χ3n) is 6.76. The summed E-state index contributed by atoms with van der Waals surface area (Å²) in [7, 11) is 0. The first kappa shape index (κ1) is 24.1. The van der Waals surface area contributed by atoms with E-state index in [-0.39, 0.29) is 12.3 Å². The molecule has 1 aromatic carbocycles. The lowest BCUT2D eigenvalue weighted by Crippen LogP contribution is -2.32. The van der Waals surface area contributed by atoms with Gasteiger partial charge in [-0.05, 0) is 42.3 Å². The summed E-state index contributed by atoms with van der Waals surface area (Å²) in [4.78, 5) is 30.4. The van der Waals surface area contributed by atoms with Gasteiger partial charge < -0.3 is 20.4 Å². The van der Waals surface area contributed by atoms with Crippen LogP contribution in [0.5, 0.6) is 0 Å². The lowest BCUT2D eigenvalue weighted by Gasteiger charge is -2.23. The van der Waals surface area contributed by atoms with Crippen LogP contribution in [0.25, 0.3) is 11.7 Å². The molecule has 2 aliphatic rings. The molecule has 6 rings (SSSR count). The van der Waals surface area contributed by atoms with E-state index in [0.717, 1.165) is 36.3 Å². The van der Waals surface area contributed by atoms with Crippen LogP contribution < -0.4 is 20.4 Å². The second kappa shape index (κ2) is 10.3. The number of aromatic nitrogens is 5. The highest BCUT2D eigenvalue weighted by atomic mass is 16.1. The molecule has 11 heteroatoms. The fraction of sp³-hybridized carbons (Fsp3) is 0.214. The van der Waals surface area contributed by atoms with Gasteiger partial charge in [0.2, 0.25) is 17.8 Å². The van der Waals surface area contributed by atoms with Crippen LogP contribution in [0.1, 0.15) is 24.0 Å². The number of carbonyl (C=O) groups excluding carboxylic acids is 1. The van der Waals surface area contributed by atoms with Crippen LogP contribution in [0.4, 0.5) is 23.4 Å². The van der Waals surface area contributed by atoms with Crippen LogP contribution in [0.2, 0.25) is 0 Å². The van der Waals surface area contributed by atoms with E-state index < -0.39 is 0 Å². The number of anilines is 4. The van der Waals surface area contributed by atoms with E-state index in [1.165, 1.54) is 0 Å². The Labute approximate surface area is 225 Å². The standard InChI is InChI=1S/C28H26N10O/c1-19-21(16-24(39)32-19)15-22-18-31-38-26(22)34-27(35-28(38)33-23-8-3-2-4-9-23)37-12-6-11-36(13-14-37)25-20(17-29)7-5-10-30-25/h2-5,7-10,15,18H,1,6,11-14,16H2,(H,32,39)(H,33,34,35)/b21-15+. The molecule has 3 aromatic heterocycles. The molecule has 4 aromatic rings. The van der Waals surface area contributed by atoms with E-state index in [4.69, 9.17) is 9.97 Å². The summed E-state index contributed by atoms with van der Waals surface area (Å²) >= 11 is 0. The number of para-hydroxylation sites is 1. The van der Waals surface area contributed by atoms with Gasteiger partial charge in [-0.2, -0.15) is 24.8 Å². The Balaban J connectivity index is 1.36. The van der Waals surface area contributed by atoms with Crippen molar-refractivity contribution < 1.29 is 4.79 Å². The van der Waals surface area contributed by atoms with Gasteiger partial charge in [-0.15, -0.1) is 0 Å². The molecule has 0 aliphatic carbocycles. The Morgan fingerprint density at radius 3 is 2.67 bits per heavy atom. The van der Waals surface area contributed by atoms with Crippen molar-refractivity contribution in [3.05, 3.63) is 83.8 Å². The number of nitrogens with one attached hydrogen (secondary N) is 2. The third-order valence-corrected chi connectivity index (χ3v) is 6.76. The Hall–Kier alpha value is -5.24. The zero-order valence-corrected chi connectivity index (χ0v) is 21.2. The minimum Gasteiger partial charge on any atom is -0.354 e. The monoisotopic (exact) mass is 518 g/mol. The minimum absolute atomic E-state index is 0.0777. The Kier molecular flexibility index (Phi) is 6.34. The average molecular weight is 519 g/mol. The van der Waals surface area contributed by atoms with Gasteiger partial charge in [0.15, 0.2) is 5.65 Å². The van der Waals surface area contributed by atoms with Gasteiger partial charge in [-0.3, -0.25) is 4.79 Å². The second-order valence-electron chi connectivity index (χ2n) is 9.36. The molecule has 0 radical (unpaired) electrons. The highest BCUT2D eigenvalue weighted by molar-refractivity contribution is 5.89. The van der Waals surface area contributed by atoms with Crippen molar-refractivity contribution in [2.75, 3.05) is 41.3 Å². The number of fused-ring (bicyclic) bond motifs is 1. The number of rotatable bonds is 5. The molecule has 194 valence electrons. The predicted molar refractivity (Wildman–Crippen MR) is 148 cm³/mol. The number of hydrogen-bond acceptors (Lipinski definition) is 9. The molecule has 11 nitrogen and oxygen atoms in total. The molecule has 1 amide bonds. The van der Waals surface area contributed by atoms with Crippen LogP contribution in [0.3, 0.4) is 0 Å². The fourth-order valence-corrected chi connectivity index (χ4v) is 4.82.